The lowest BCUT2D eigenvalue weighted by molar-refractivity contribution is -0.120. The number of hydrogen-bond donors (Lipinski definition) is 0. The molecule has 0 unspecified atom stereocenters. The summed E-state index contributed by atoms with van der Waals surface area (Å²) >= 11 is 13.4. The van der Waals surface area contributed by atoms with E-state index in [0.29, 0.717) is 40.4 Å². The van der Waals surface area contributed by atoms with E-state index in [9.17, 15) is 4.79 Å². The van der Waals surface area contributed by atoms with Crippen molar-refractivity contribution in [1.82, 2.24) is 4.57 Å². The Bertz CT molecular complexity index is 1060. The molecule has 28 heavy (non-hydrogen) atoms. The quantitative estimate of drug-likeness (QED) is 0.494. The van der Waals surface area contributed by atoms with Crippen LogP contribution in [0.3, 0.4) is 0 Å². The summed E-state index contributed by atoms with van der Waals surface area (Å²) in [7, 11) is 0. The van der Waals surface area contributed by atoms with Crippen LogP contribution in [0.2, 0.25) is 10.0 Å². The number of fused-ring (bicyclic) bond motifs is 1. The Labute approximate surface area is 177 Å². The smallest absolute Gasteiger partial charge is 0.286 e. The van der Waals surface area contributed by atoms with E-state index in [1.54, 1.807) is 18.2 Å². The summed E-state index contributed by atoms with van der Waals surface area (Å²) in [6.07, 6.45) is 0. The lowest BCUT2D eigenvalue weighted by Crippen LogP contribution is -2.21. The Morgan fingerprint density at radius 1 is 1.25 bits per heavy atom. The number of nitrogens with zero attached hydrogens (tertiary/aromatic N) is 2. The van der Waals surface area contributed by atoms with Gasteiger partial charge in [0.05, 0.1) is 21.8 Å². The SMILES string of the molecule is CCOCCn1c(=NC(=O)COc2ccc(Cl)cc2Cl)sc2cccc(C)c21. The molecule has 8 heteroatoms. The Morgan fingerprint density at radius 2 is 2.07 bits per heavy atom. The molecule has 0 saturated heterocycles. The number of thiazole rings is 1. The van der Waals surface area contributed by atoms with E-state index in [-0.39, 0.29) is 12.5 Å². The highest BCUT2D eigenvalue weighted by molar-refractivity contribution is 7.16. The van der Waals surface area contributed by atoms with Crippen molar-refractivity contribution in [3.05, 3.63) is 56.8 Å². The van der Waals surface area contributed by atoms with Crippen molar-refractivity contribution in [2.45, 2.75) is 20.4 Å². The van der Waals surface area contributed by atoms with Crippen molar-refractivity contribution in [3.63, 3.8) is 0 Å². The molecule has 1 heterocycles. The molecule has 5 nitrogen and oxygen atoms in total. The first-order valence-corrected chi connectivity index (χ1v) is 10.4. The van der Waals surface area contributed by atoms with Gasteiger partial charge in [-0.3, -0.25) is 4.79 Å². The maximum absolute atomic E-state index is 12.4. The zero-order valence-corrected chi connectivity index (χ0v) is 17.9. The highest BCUT2D eigenvalue weighted by atomic mass is 35.5. The number of rotatable bonds is 7. The summed E-state index contributed by atoms with van der Waals surface area (Å²) in [4.78, 5) is 17.3. The summed E-state index contributed by atoms with van der Waals surface area (Å²) in [6, 6.07) is 10.9. The highest BCUT2D eigenvalue weighted by Crippen LogP contribution is 2.27. The summed E-state index contributed by atoms with van der Waals surface area (Å²) in [5.41, 5.74) is 2.20. The highest BCUT2D eigenvalue weighted by Gasteiger charge is 2.11. The first-order chi connectivity index (χ1) is 13.5. The molecule has 0 bridgehead atoms. The second-order valence-electron chi connectivity index (χ2n) is 6.02. The van der Waals surface area contributed by atoms with Crippen LogP contribution in [0.1, 0.15) is 12.5 Å². The molecule has 0 spiro atoms. The summed E-state index contributed by atoms with van der Waals surface area (Å²) in [6.45, 7) is 5.60. The van der Waals surface area contributed by atoms with Gasteiger partial charge in [-0.15, -0.1) is 0 Å². The molecule has 0 atom stereocenters. The molecule has 148 valence electrons. The molecule has 1 amide bonds. The number of carbonyl (C=O) groups excluding carboxylic acids is 1. The van der Waals surface area contributed by atoms with Crippen molar-refractivity contribution in [3.8, 4) is 5.75 Å². The van der Waals surface area contributed by atoms with E-state index in [2.05, 4.69) is 4.99 Å². The number of aromatic nitrogens is 1. The van der Waals surface area contributed by atoms with E-state index >= 15 is 0 Å². The van der Waals surface area contributed by atoms with Gasteiger partial charge in [0, 0.05) is 18.2 Å². The fourth-order valence-corrected chi connectivity index (χ4v) is 4.39. The van der Waals surface area contributed by atoms with E-state index in [1.807, 2.05) is 36.6 Å². The van der Waals surface area contributed by atoms with Crippen LogP contribution < -0.4 is 9.54 Å². The van der Waals surface area contributed by atoms with Crippen molar-refractivity contribution < 1.29 is 14.3 Å². The van der Waals surface area contributed by atoms with Gasteiger partial charge in [0.2, 0.25) is 0 Å². The maximum atomic E-state index is 12.4. The summed E-state index contributed by atoms with van der Waals surface area (Å²) in [5, 5.41) is 0.855. The Kier molecular flexibility index (Phi) is 7.13. The van der Waals surface area contributed by atoms with Gasteiger partial charge < -0.3 is 14.0 Å². The van der Waals surface area contributed by atoms with Crippen LogP contribution in [-0.2, 0) is 16.1 Å². The zero-order valence-electron chi connectivity index (χ0n) is 15.6. The maximum Gasteiger partial charge on any atom is 0.286 e. The number of amides is 1. The molecule has 0 aliphatic carbocycles. The number of para-hydroxylation sites is 1. The molecule has 0 saturated carbocycles. The van der Waals surface area contributed by atoms with Gasteiger partial charge in [-0.05, 0) is 43.7 Å². The van der Waals surface area contributed by atoms with Crippen LogP contribution >= 0.6 is 34.5 Å². The number of ether oxygens (including phenoxy) is 2. The molecule has 1 aromatic heterocycles. The molecular formula is C20H20Cl2N2O3S. The Balaban J connectivity index is 1.86. The first-order valence-electron chi connectivity index (χ1n) is 8.81. The minimum absolute atomic E-state index is 0.208. The number of benzene rings is 2. The minimum Gasteiger partial charge on any atom is -0.482 e. The lowest BCUT2D eigenvalue weighted by atomic mass is 10.2. The standard InChI is InChI=1S/C20H20Cl2N2O3S/c1-3-26-10-9-24-19-13(2)5-4-6-17(19)28-20(24)23-18(25)12-27-16-8-7-14(21)11-15(16)22/h4-8,11H,3,9-10,12H2,1-2H3. The van der Waals surface area contributed by atoms with Crippen molar-refractivity contribution in [2.75, 3.05) is 19.8 Å². The predicted octanol–water partition coefficient (Wildman–Crippen LogP) is 4.86. The van der Waals surface area contributed by atoms with Crippen LogP contribution in [0.15, 0.2) is 41.4 Å². The second kappa shape index (κ2) is 9.56. The van der Waals surface area contributed by atoms with E-state index in [1.165, 1.54) is 11.3 Å². The van der Waals surface area contributed by atoms with Crippen LogP contribution in [0, 0.1) is 6.92 Å². The van der Waals surface area contributed by atoms with Gasteiger partial charge in [-0.25, -0.2) is 0 Å². The van der Waals surface area contributed by atoms with E-state index in [4.69, 9.17) is 32.7 Å². The largest absolute Gasteiger partial charge is 0.482 e. The van der Waals surface area contributed by atoms with Crippen molar-refractivity contribution >= 4 is 50.7 Å². The zero-order chi connectivity index (χ0) is 20.1. The average Bonchev–Trinajstić information content (AvgIpc) is 3.00. The third kappa shape index (κ3) is 4.94. The Hall–Kier alpha value is -1.86. The summed E-state index contributed by atoms with van der Waals surface area (Å²) in [5.74, 6) is 0.00594. The molecule has 0 aliphatic rings. The normalized spacial score (nSPS) is 11.9. The fourth-order valence-electron chi connectivity index (χ4n) is 2.77. The number of carbonyl (C=O) groups is 1. The van der Waals surface area contributed by atoms with Gasteiger partial charge >= 0.3 is 0 Å². The van der Waals surface area contributed by atoms with Gasteiger partial charge in [-0.2, -0.15) is 4.99 Å². The molecule has 3 rings (SSSR count). The average molecular weight is 439 g/mol. The fraction of sp³-hybridized carbons (Fsp3) is 0.300. The molecule has 0 N–H and O–H groups in total. The molecule has 3 aromatic rings. The second-order valence-corrected chi connectivity index (χ2v) is 7.88. The first kappa shape index (κ1) is 20.9. The van der Waals surface area contributed by atoms with Gasteiger partial charge in [0.1, 0.15) is 5.75 Å². The predicted molar refractivity (Wildman–Crippen MR) is 114 cm³/mol. The van der Waals surface area contributed by atoms with Crippen molar-refractivity contribution in [2.24, 2.45) is 4.99 Å². The topological polar surface area (TPSA) is 52.8 Å². The molecule has 0 aliphatic heterocycles. The van der Waals surface area contributed by atoms with Crippen LogP contribution in [-0.4, -0.2) is 30.3 Å². The van der Waals surface area contributed by atoms with Gasteiger partial charge in [-0.1, -0.05) is 46.7 Å². The van der Waals surface area contributed by atoms with E-state index < -0.39 is 0 Å². The van der Waals surface area contributed by atoms with Gasteiger partial charge in [0.25, 0.3) is 5.91 Å². The van der Waals surface area contributed by atoms with Crippen LogP contribution in [0.4, 0.5) is 0 Å². The van der Waals surface area contributed by atoms with Gasteiger partial charge in [0.15, 0.2) is 11.4 Å². The van der Waals surface area contributed by atoms with Crippen LogP contribution in [0.25, 0.3) is 10.2 Å². The van der Waals surface area contributed by atoms with Crippen LogP contribution in [0.5, 0.6) is 5.75 Å². The Morgan fingerprint density at radius 3 is 2.82 bits per heavy atom. The minimum atomic E-state index is -0.389. The lowest BCUT2D eigenvalue weighted by Gasteiger charge is -2.08. The third-order valence-electron chi connectivity index (χ3n) is 4.03. The summed E-state index contributed by atoms with van der Waals surface area (Å²) < 4.78 is 14.1. The molecular weight excluding hydrogens is 419 g/mol. The molecule has 2 aromatic carbocycles. The number of halogens is 2. The number of hydrogen-bond acceptors (Lipinski definition) is 4. The third-order valence-corrected chi connectivity index (χ3v) is 5.61. The van der Waals surface area contributed by atoms with Crippen molar-refractivity contribution in [1.29, 1.82) is 0 Å². The monoisotopic (exact) mass is 438 g/mol. The molecule has 0 radical (unpaired) electrons. The molecule has 0 fully saturated rings. The van der Waals surface area contributed by atoms with E-state index in [0.717, 1.165) is 15.8 Å². The number of aryl methyl sites for hydroxylation is 1.